The van der Waals surface area contributed by atoms with E-state index in [4.69, 9.17) is 15.0 Å². The molecular weight excluding hydrogens is 1140 g/mol. The first-order chi connectivity index (χ1) is 36.4. The first-order valence-corrected chi connectivity index (χ1v) is 30.1. The van der Waals surface area contributed by atoms with E-state index in [0.29, 0.717) is 17.5 Å². The quantitative estimate of drug-likeness (QED) is 0.146. The lowest BCUT2D eigenvalue weighted by atomic mass is 9.64. The van der Waals surface area contributed by atoms with Crippen LogP contribution in [0.4, 0.5) is 0 Å². The van der Waals surface area contributed by atoms with Gasteiger partial charge in [0.15, 0.2) is 17.5 Å². The monoisotopic (exact) mass is 1200 g/mol. The molecule has 0 spiro atoms. The Balaban J connectivity index is 1.12. The van der Waals surface area contributed by atoms with Gasteiger partial charge in [-0.3, -0.25) is 0 Å². The maximum atomic E-state index is 5.43. The van der Waals surface area contributed by atoms with Crippen LogP contribution in [0.2, 0.25) is 0 Å². The number of hydrogen-bond acceptors (Lipinski definition) is 4. The smallest absolute Gasteiger partial charge is 0.165 e. The number of nitrogens with zero attached hydrogens (tertiary/aromatic N) is 3. The molecule has 6 heteroatoms. The van der Waals surface area contributed by atoms with E-state index in [-0.39, 0.29) is 43.0 Å². The van der Waals surface area contributed by atoms with Crippen LogP contribution in [0.3, 0.4) is 0 Å². The van der Waals surface area contributed by atoms with E-state index in [1.165, 1.54) is 53.7 Å². The summed E-state index contributed by atoms with van der Waals surface area (Å²) in [6.45, 7) is 14.1. The van der Waals surface area contributed by atoms with Gasteiger partial charge in [0.2, 0.25) is 0 Å². The van der Waals surface area contributed by atoms with Crippen LogP contribution in [0.5, 0.6) is 0 Å². The minimum absolute atomic E-state index is 0.0484. The van der Waals surface area contributed by atoms with Gasteiger partial charge >= 0.3 is 0 Å². The van der Waals surface area contributed by atoms with Crippen LogP contribution in [0.25, 0.3) is 72.9 Å². The zero-order chi connectivity index (χ0) is 51.7. The maximum Gasteiger partial charge on any atom is 0.165 e. The van der Waals surface area contributed by atoms with E-state index in [9.17, 15) is 0 Å². The second-order valence-corrected chi connectivity index (χ2v) is 24.8. The second-order valence-electron chi connectivity index (χ2n) is 21.6. The topological polar surface area (TPSA) is 50.7 Å². The summed E-state index contributed by atoms with van der Waals surface area (Å²) in [7, 11) is 0. The van der Waals surface area contributed by atoms with E-state index in [0.717, 1.165) is 71.1 Å². The molecule has 0 fully saturated rings. The van der Waals surface area contributed by atoms with Crippen molar-refractivity contribution < 1.29 is 0 Å². The van der Waals surface area contributed by atoms with Gasteiger partial charge in [0.25, 0.3) is 0 Å². The van der Waals surface area contributed by atoms with Crippen LogP contribution in [-0.2, 0) is 17.3 Å². The summed E-state index contributed by atoms with van der Waals surface area (Å²) >= 11 is 2.35. The Hall–Kier alpha value is -6.36. The molecule has 1 N–H and O–H groups in total. The summed E-state index contributed by atoms with van der Waals surface area (Å²) in [5, 5.41) is 4.23. The third-order valence-corrected chi connectivity index (χ3v) is 19.9. The van der Waals surface area contributed by atoms with Crippen molar-refractivity contribution >= 4 is 52.9 Å². The van der Waals surface area contributed by atoms with Crippen molar-refractivity contribution in [1.82, 2.24) is 20.3 Å². The Morgan fingerprint density at radius 3 is 1.81 bits per heavy atom. The number of halogens is 2. The molecule has 3 heterocycles. The molecule has 2 aliphatic heterocycles. The highest BCUT2D eigenvalue weighted by Crippen LogP contribution is 2.52. The molecule has 4 nitrogen and oxygen atoms in total. The molecule has 1 aromatic heterocycles. The maximum absolute atomic E-state index is 5.43. The van der Waals surface area contributed by atoms with Crippen LogP contribution in [0, 0.1) is 0 Å². The minimum Gasteiger partial charge on any atom is -0.385 e. The predicted octanol–water partition coefficient (Wildman–Crippen LogP) is 18.6. The first-order valence-electron chi connectivity index (χ1n) is 26.6. The lowest BCUT2D eigenvalue weighted by Gasteiger charge is -2.43. The lowest BCUT2D eigenvalue weighted by molar-refractivity contribution is 0.280. The van der Waals surface area contributed by atoms with E-state index in [2.05, 4.69) is 272 Å². The van der Waals surface area contributed by atoms with Crippen LogP contribution in [0.1, 0.15) is 101 Å². The summed E-state index contributed by atoms with van der Waals surface area (Å²) < 4.78 is 6.42. The average Bonchev–Trinajstić information content (AvgIpc) is 3.46. The van der Waals surface area contributed by atoms with Crippen LogP contribution >= 0.6 is 43.3 Å². The van der Waals surface area contributed by atoms with Crippen molar-refractivity contribution in [3.63, 3.8) is 0 Å². The summed E-state index contributed by atoms with van der Waals surface area (Å²) in [6, 6.07) is 62.2. The summed E-state index contributed by atoms with van der Waals surface area (Å²) in [5.41, 5.74) is 19.0. The third-order valence-electron chi connectivity index (χ3n) is 16.0. The number of fused-ring (bicyclic) bond motifs is 4. The summed E-state index contributed by atoms with van der Waals surface area (Å²) in [4.78, 5) is 16.2. The molecule has 0 saturated carbocycles. The molecule has 7 aromatic carbocycles. The molecule has 3 aliphatic rings. The Labute approximate surface area is 468 Å². The highest BCUT2D eigenvalue weighted by Gasteiger charge is 2.41. The number of benzene rings is 7. The van der Waals surface area contributed by atoms with E-state index in [1.807, 2.05) is 0 Å². The Morgan fingerprint density at radius 1 is 0.600 bits per heavy atom. The molecule has 75 heavy (non-hydrogen) atoms. The van der Waals surface area contributed by atoms with Gasteiger partial charge in [0, 0.05) is 37.4 Å². The molecule has 3 unspecified atom stereocenters. The number of allylic oxidation sites excluding steroid dienone is 6. The fourth-order valence-electron chi connectivity index (χ4n) is 11.5. The van der Waals surface area contributed by atoms with Gasteiger partial charge in [0.05, 0.1) is 0 Å². The summed E-state index contributed by atoms with van der Waals surface area (Å²) in [6.07, 6.45) is 14.1. The molecule has 8 aromatic rings. The largest absolute Gasteiger partial charge is 0.385 e. The Morgan fingerprint density at radius 2 is 1.20 bits per heavy atom. The molecule has 1 aliphatic carbocycles. The SMILES string of the molecule is CCC12CCC(CC)(C3=CI=CC(I)=C3)c3ccccc3-c3cc(c(cc3-c3ccc(C(C)(C)C)cc3)C(C)/C=C\C(c3nc(-c4cccc(-c5ccccc5)c4)nc(-c4cccc(-c5ccccc5)c4)n3)=C/N1)C2. The third kappa shape index (κ3) is 10.4. The standard InChI is InChI=1S/C69H64I2N4/c1-7-68-35-36-69(8-2,57-40-58(70)44-71-43-57)63-28-16-15-27-59(63)62-39-55(42-68)60(41-61(62)49-31-33-56(34-32-49)67(4,5)6)46(3)29-30-54(45-72-68)66-74-64(52-25-17-23-50(37-52)47-19-11-9-12-20-47)73-65(75-66)53-26-18-24-51(38-53)48-21-13-10-14-22-48/h9-34,37-41,43-46,72H,7-8,35-36,42H2,1-6H3/b30-29-,54-45+. The van der Waals surface area contributed by atoms with Gasteiger partial charge in [-0.15, -0.1) is 0 Å². The van der Waals surface area contributed by atoms with Crippen molar-refractivity contribution in [3.8, 4) is 67.3 Å². The number of nitrogens with one attached hydrogen (secondary N) is 1. The first kappa shape index (κ1) is 50.8. The molecule has 0 radical (unpaired) electrons. The highest BCUT2D eigenvalue weighted by atomic mass is 127. The molecular formula is C69H64I2N4. The minimum atomic E-state index is -0.301. The second kappa shape index (κ2) is 21.3. The highest BCUT2D eigenvalue weighted by molar-refractivity contribution is 14.2. The van der Waals surface area contributed by atoms with Gasteiger partial charge in [-0.05, 0) is 171 Å². The fraction of sp³-hybridized carbons (Fsp3) is 0.217. The van der Waals surface area contributed by atoms with Crippen molar-refractivity contribution in [2.45, 2.75) is 95.9 Å². The Bertz CT molecular complexity index is 3480. The zero-order valence-electron chi connectivity index (χ0n) is 43.8. The Kier molecular flexibility index (Phi) is 14.4. The van der Waals surface area contributed by atoms with Gasteiger partial charge in [-0.2, -0.15) is 0 Å². The van der Waals surface area contributed by atoms with E-state index >= 15 is 0 Å². The van der Waals surface area contributed by atoms with Crippen molar-refractivity contribution in [2.24, 2.45) is 0 Å². The molecule has 3 bridgehead atoms. The predicted molar refractivity (Wildman–Crippen MR) is 334 cm³/mol. The fourth-order valence-corrected chi connectivity index (χ4v) is 14.6. The van der Waals surface area contributed by atoms with Crippen LogP contribution < -0.4 is 5.32 Å². The van der Waals surface area contributed by atoms with Gasteiger partial charge < -0.3 is 5.32 Å². The lowest BCUT2D eigenvalue weighted by Crippen LogP contribution is -2.46. The molecule has 0 saturated heterocycles. The number of rotatable bonds is 9. The van der Waals surface area contributed by atoms with Crippen molar-refractivity contribution in [3.05, 3.63) is 236 Å². The van der Waals surface area contributed by atoms with Gasteiger partial charge in [-0.25, -0.2) is 15.0 Å². The summed E-state index contributed by atoms with van der Waals surface area (Å²) in [5.74, 6) is 1.98. The van der Waals surface area contributed by atoms with E-state index < -0.39 is 0 Å². The molecule has 11 rings (SSSR count). The molecule has 374 valence electrons. The van der Waals surface area contributed by atoms with Gasteiger partial charge in [-0.1, -0.05) is 226 Å². The average molecular weight is 1200 g/mol. The van der Waals surface area contributed by atoms with Crippen molar-refractivity contribution in [1.29, 1.82) is 0 Å². The zero-order valence-corrected chi connectivity index (χ0v) is 48.2. The molecule has 0 amide bonds. The van der Waals surface area contributed by atoms with Crippen LogP contribution in [0.15, 0.2) is 208 Å². The van der Waals surface area contributed by atoms with Crippen molar-refractivity contribution in [2.75, 3.05) is 0 Å². The van der Waals surface area contributed by atoms with Crippen LogP contribution in [-0.4, -0.2) is 24.5 Å². The normalized spacial score (nSPS) is 20.5. The van der Waals surface area contributed by atoms with E-state index in [1.54, 1.807) is 0 Å². The van der Waals surface area contributed by atoms with Gasteiger partial charge in [0.1, 0.15) is 0 Å². The number of hydrogen-bond donors (Lipinski definition) is 1. The molecule has 3 atom stereocenters. The number of aromatic nitrogens is 3.